The van der Waals surface area contributed by atoms with Gasteiger partial charge in [-0.2, -0.15) is 0 Å². The van der Waals surface area contributed by atoms with Crippen molar-refractivity contribution < 1.29 is 17.9 Å². The van der Waals surface area contributed by atoms with E-state index in [0.717, 1.165) is 0 Å². The molecule has 1 N–H and O–H groups in total. The molecule has 0 aliphatic carbocycles. The highest BCUT2D eigenvalue weighted by Gasteiger charge is 2.22. The number of imidazole rings is 1. The number of benzene rings is 1. The molecule has 9 heteroatoms. The number of aryl methyl sites for hydroxylation is 1. The van der Waals surface area contributed by atoms with Gasteiger partial charge in [-0.3, -0.25) is 0 Å². The summed E-state index contributed by atoms with van der Waals surface area (Å²) < 4.78 is 38.6. The Morgan fingerprint density at radius 2 is 1.95 bits per heavy atom. The number of methoxy groups -OCH3 is 2. The van der Waals surface area contributed by atoms with E-state index in [1.165, 1.54) is 25.1 Å². The van der Waals surface area contributed by atoms with Crippen LogP contribution in [0.2, 0.25) is 5.15 Å². The number of hydrogen-bond donors (Lipinski definition) is 1. The van der Waals surface area contributed by atoms with Crippen molar-refractivity contribution in [3.63, 3.8) is 0 Å². The summed E-state index contributed by atoms with van der Waals surface area (Å²) in [6.07, 6.45) is 1.34. The zero-order valence-electron chi connectivity index (χ0n) is 12.3. The minimum absolute atomic E-state index is 0.0554. The van der Waals surface area contributed by atoms with Crippen molar-refractivity contribution >= 4 is 21.6 Å². The molecule has 1 aromatic carbocycles. The van der Waals surface area contributed by atoms with Gasteiger partial charge in [0.15, 0.2) is 11.5 Å². The number of rotatable bonds is 6. The Morgan fingerprint density at radius 3 is 2.50 bits per heavy atom. The van der Waals surface area contributed by atoms with Gasteiger partial charge in [0.1, 0.15) is 5.15 Å². The van der Waals surface area contributed by atoms with Gasteiger partial charge in [0.05, 0.1) is 20.5 Å². The van der Waals surface area contributed by atoms with Crippen LogP contribution in [0.1, 0.15) is 5.56 Å². The third-order valence-electron chi connectivity index (χ3n) is 3.00. The van der Waals surface area contributed by atoms with Gasteiger partial charge in [-0.15, -0.1) is 0 Å². The molecule has 0 atom stereocenters. The maximum Gasteiger partial charge on any atom is 0.261 e. The molecule has 0 aliphatic heterocycles. The van der Waals surface area contributed by atoms with E-state index < -0.39 is 10.0 Å². The van der Waals surface area contributed by atoms with Crippen LogP contribution in [0.25, 0.3) is 0 Å². The first-order valence-electron chi connectivity index (χ1n) is 6.26. The standard InChI is InChI=1S/C13H16ClN3O4S/c1-17-8-15-13(12(17)14)22(18,19)16-7-9-4-5-10(20-2)11(6-9)21-3/h4-6,8,16H,7H2,1-3H3. The zero-order valence-corrected chi connectivity index (χ0v) is 13.9. The Balaban J connectivity index is 2.17. The first kappa shape index (κ1) is 16.6. The predicted molar refractivity (Wildman–Crippen MR) is 81.8 cm³/mol. The van der Waals surface area contributed by atoms with Crippen molar-refractivity contribution in [2.24, 2.45) is 7.05 Å². The van der Waals surface area contributed by atoms with Crippen molar-refractivity contribution in [3.05, 3.63) is 35.2 Å². The molecule has 0 unspecified atom stereocenters. The van der Waals surface area contributed by atoms with E-state index in [0.29, 0.717) is 17.1 Å². The van der Waals surface area contributed by atoms with E-state index in [-0.39, 0.29) is 16.7 Å². The van der Waals surface area contributed by atoms with Crippen LogP contribution >= 0.6 is 11.6 Å². The van der Waals surface area contributed by atoms with Crippen LogP contribution in [0.4, 0.5) is 0 Å². The van der Waals surface area contributed by atoms with E-state index in [4.69, 9.17) is 21.1 Å². The molecule has 0 saturated heterocycles. The molecular formula is C13H16ClN3O4S. The second kappa shape index (κ2) is 6.55. The molecule has 0 fully saturated rings. The number of halogens is 1. The lowest BCUT2D eigenvalue weighted by Crippen LogP contribution is -2.24. The fourth-order valence-corrected chi connectivity index (χ4v) is 3.25. The smallest absolute Gasteiger partial charge is 0.261 e. The minimum Gasteiger partial charge on any atom is -0.493 e. The van der Waals surface area contributed by atoms with Gasteiger partial charge >= 0.3 is 0 Å². The summed E-state index contributed by atoms with van der Waals surface area (Å²) in [6.45, 7) is 0.0790. The maximum atomic E-state index is 12.2. The van der Waals surface area contributed by atoms with E-state index in [2.05, 4.69) is 9.71 Å². The Morgan fingerprint density at radius 1 is 1.27 bits per heavy atom. The van der Waals surface area contributed by atoms with Crippen LogP contribution < -0.4 is 14.2 Å². The lowest BCUT2D eigenvalue weighted by Gasteiger charge is -2.10. The van der Waals surface area contributed by atoms with Gasteiger partial charge in [0.2, 0.25) is 5.03 Å². The quantitative estimate of drug-likeness (QED) is 0.859. The summed E-state index contributed by atoms with van der Waals surface area (Å²) in [5, 5.41) is -0.142. The summed E-state index contributed by atoms with van der Waals surface area (Å²) >= 11 is 5.91. The van der Waals surface area contributed by atoms with Crippen LogP contribution in [-0.4, -0.2) is 32.2 Å². The molecule has 2 aromatic rings. The number of aromatic nitrogens is 2. The molecule has 0 saturated carbocycles. The van der Waals surface area contributed by atoms with Gasteiger partial charge in [0, 0.05) is 13.6 Å². The number of nitrogens with zero attached hydrogens (tertiary/aromatic N) is 2. The second-order valence-corrected chi connectivity index (χ2v) is 6.51. The maximum absolute atomic E-state index is 12.2. The van der Waals surface area contributed by atoms with Gasteiger partial charge in [0.25, 0.3) is 10.0 Å². The summed E-state index contributed by atoms with van der Waals surface area (Å²) in [4.78, 5) is 3.80. The molecular weight excluding hydrogens is 330 g/mol. The van der Waals surface area contributed by atoms with Crippen LogP contribution in [0.5, 0.6) is 11.5 Å². The highest BCUT2D eigenvalue weighted by Crippen LogP contribution is 2.27. The topological polar surface area (TPSA) is 82.5 Å². The van der Waals surface area contributed by atoms with E-state index in [9.17, 15) is 8.42 Å². The minimum atomic E-state index is -3.79. The molecule has 1 heterocycles. The molecule has 120 valence electrons. The Bertz CT molecular complexity index is 774. The Kier molecular flexibility index (Phi) is 4.94. The van der Waals surface area contributed by atoms with Crippen molar-refractivity contribution in [3.8, 4) is 11.5 Å². The van der Waals surface area contributed by atoms with E-state index in [1.807, 2.05) is 0 Å². The van der Waals surface area contributed by atoms with Crippen molar-refractivity contribution in [1.29, 1.82) is 0 Å². The lowest BCUT2D eigenvalue weighted by atomic mass is 10.2. The predicted octanol–water partition coefficient (Wildman–Crippen LogP) is 1.57. The molecule has 0 spiro atoms. The molecule has 0 bridgehead atoms. The molecule has 1 aromatic heterocycles. The molecule has 0 amide bonds. The molecule has 0 aliphatic rings. The Labute approximate surface area is 133 Å². The van der Waals surface area contributed by atoms with Crippen LogP contribution in [0, 0.1) is 0 Å². The fraction of sp³-hybridized carbons (Fsp3) is 0.308. The SMILES string of the molecule is COc1ccc(CNS(=O)(=O)c2ncn(C)c2Cl)cc1OC. The number of ether oxygens (including phenoxy) is 2. The number of sulfonamides is 1. The summed E-state index contributed by atoms with van der Waals surface area (Å²) in [6, 6.07) is 5.14. The van der Waals surface area contributed by atoms with Crippen LogP contribution in [-0.2, 0) is 23.6 Å². The van der Waals surface area contributed by atoms with Gasteiger partial charge < -0.3 is 14.0 Å². The highest BCUT2D eigenvalue weighted by molar-refractivity contribution is 7.89. The third-order valence-corrected chi connectivity index (χ3v) is 4.89. The lowest BCUT2D eigenvalue weighted by molar-refractivity contribution is 0.354. The van der Waals surface area contributed by atoms with E-state index >= 15 is 0 Å². The molecule has 22 heavy (non-hydrogen) atoms. The van der Waals surface area contributed by atoms with Crippen LogP contribution in [0.15, 0.2) is 29.6 Å². The van der Waals surface area contributed by atoms with Crippen molar-refractivity contribution in [2.75, 3.05) is 14.2 Å². The van der Waals surface area contributed by atoms with E-state index in [1.54, 1.807) is 25.2 Å². The molecule has 2 rings (SSSR count). The van der Waals surface area contributed by atoms with Gasteiger partial charge in [-0.1, -0.05) is 17.7 Å². The monoisotopic (exact) mass is 345 g/mol. The summed E-state index contributed by atoms with van der Waals surface area (Å²) in [5.74, 6) is 1.09. The average Bonchev–Trinajstić information content (AvgIpc) is 2.85. The average molecular weight is 346 g/mol. The van der Waals surface area contributed by atoms with Gasteiger partial charge in [-0.05, 0) is 17.7 Å². The summed E-state index contributed by atoms with van der Waals surface area (Å²) in [7, 11) is 0.869. The normalized spacial score (nSPS) is 11.5. The first-order chi connectivity index (χ1) is 10.4. The fourth-order valence-electron chi connectivity index (χ4n) is 1.81. The third kappa shape index (κ3) is 3.34. The molecule has 0 radical (unpaired) electrons. The first-order valence-corrected chi connectivity index (χ1v) is 8.12. The van der Waals surface area contributed by atoms with Crippen molar-refractivity contribution in [2.45, 2.75) is 11.6 Å². The highest BCUT2D eigenvalue weighted by atomic mass is 35.5. The van der Waals surface area contributed by atoms with Crippen molar-refractivity contribution in [1.82, 2.24) is 14.3 Å². The van der Waals surface area contributed by atoms with Crippen LogP contribution in [0.3, 0.4) is 0 Å². The largest absolute Gasteiger partial charge is 0.493 e. The Hall–Kier alpha value is -1.77. The van der Waals surface area contributed by atoms with Gasteiger partial charge in [-0.25, -0.2) is 18.1 Å². The second-order valence-electron chi connectivity index (χ2n) is 4.47. The zero-order chi connectivity index (χ0) is 16.3. The number of hydrogen-bond acceptors (Lipinski definition) is 5. The molecule has 7 nitrogen and oxygen atoms in total. The number of nitrogens with one attached hydrogen (secondary N) is 1. The summed E-state index contributed by atoms with van der Waals surface area (Å²) in [5.41, 5.74) is 0.716.